The zero-order valence-corrected chi connectivity index (χ0v) is 8.50. The van der Waals surface area contributed by atoms with E-state index >= 15 is 0 Å². The van der Waals surface area contributed by atoms with E-state index in [2.05, 4.69) is 15.4 Å². The molecule has 1 atom stereocenters. The Bertz CT molecular complexity index is 196. The molecule has 0 rings (SSSR count). The van der Waals surface area contributed by atoms with Gasteiger partial charge in [-0.25, -0.2) is 4.79 Å². The Hall–Kier alpha value is -1.30. The zero-order valence-electron chi connectivity index (χ0n) is 8.50. The number of ether oxygens (including phenoxy) is 1. The normalized spacial score (nSPS) is 11.9. The van der Waals surface area contributed by atoms with Gasteiger partial charge in [-0.05, 0) is 6.92 Å². The van der Waals surface area contributed by atoms with E-state index in [-0.39, 0.29) is 12.0 Å². The molecule has 0 fully saturated rings. The molecule has 2 amide bonds. The Labute approximate surface area is 83.2 Å². The second-order valence-corrected chi connectivity index (χ2v) is 2.93. The average molecular weight is 203 g/mol. The first-order valence-corrected chi connectivity index (χ1v) is 4.39. The van der Waals surface area contributed by atoms with Gasteiger partial charge in [-0.15, -0.1) is 0 Å². The number of hydrogen-bond donors (Lipinski definition) is 3. The number of urea groups is 1. The molecule has 82 valence electrons. The van der Waals surface area contributed by atoms with Crippen LogP contribution in [0.15, 0.2) is 0 Å². The molecule has 0 radical (unpaired) electrons. The van der Waals surface area contributed by atoms with Gasteiger partial charge in [-0.1, -0.05) is 0 Å². The Kier molecular flexibility index (Phi) is 6.47. The number of nitrogens with two attached hydrogens (primary N) is 1. The first kappa shape index (κ1) is 12.7. The molecule has 0 bridgehead atoms. The van der Waals surface area contributed by atoms with Gasteiger partial charge in [0.25, 0.3) is 0 Å². The van der Waals surface area contributed by atoms with Crippen LogP contribution in [0.1, 0.15) is 13.3 Å². The Balaban J connectivity index is 3.39. The third-order valence-electron chi connectivity index (χ3n) is 1.62. The number of rotatable bonds is 6. The summed E-state index contributed by atoms with van der Waals surface area (Å²) in [6.07, 6.45) is 0.313. The summed E-state index contributed by atoms with van der Waals surface area (Å²) in [5.74, 6) is -0.257. The second-order valence-electron chi connectivity index (χ2n) is 2.93. The minimum atomic E-state index is -0.549. The summed E-state index contributed by atoms with van der Waals surface area (Å²) in [6, 6.07) is -0.524. The van der Waals surface area contributed by atoms with E-state index in [4.69, 9.17) is 5.73 Å². The van der Waals surface area contributed by atoms with E-state index in [0.717, 1.165) is 0 Å². The van der Waals surface area contributed by atoms with Crippen molar-refractivity contribution in [2.75, 3.05) is 20.2 Å². The van der Waals surface area contributed by atoms with Crippen LogP contribution in [0.4, 0.5) is 4.79 Å². The summed E-state index contributed by atoms with van der Waals surface area (Å²) in [7, 11) is 1.35. The van der Waals surface area contributed by atoms with Crippen LogP contribution in [0.25, 0.3) is 0 Å². The Morgan fingerprint density at radius 2 is 2.07 bits per heavy atom. The first-order valence-electron chi connectivity index (χ1n) is 4.39. The molecule has 0 aromatic rings. The van der Waals surface area contributed by atoms with E-state index in [9.17, 15) is 9.59 Å². The van der Waals surface area contributed by atoms with Crippen LogP contribution in [0.2, 0.25) is 0 Å². The molecule has 14 heavy (non-hydrogen) atoms. The molecule has 0 aliphatic carbocycles. The van der Waals surface area contributed by atoms with Crippen molar-refractivity contribution >= 4 is 12.0 Å². The molecule has 6 heteroatoms. The maximum absolute atomic E-state index is 10.8. The first-order chi connectivity index (χ1) is 6.56. The lowest BCUT2D eigenvalue weighted by Crippen LogP contribution is -2.38. The molecule has 4 N–H and O–H groups in total. The Morgan fingerprint density at radius 1 is 1.43 bits per heavy atom. The number of nitrogens with one attached hydrogen (secondary N) is 2. The molecular formula is C8H17N3O3. The standard InChI is InChI=1S/C8H17N3O3/c1-6(5-7(12)14-2)10-3-4-11-8(9)13/h6,10H,3-5H2,1-2H3,(H3,9,11,13). The van der Waals surface area contributed by atoms with Gasteiger partial charge in [0.15, 0.2) is 0 Å². The summed E-state index contributed by atoms with van der Waals surface area (Å²) in [5.41, 5.74) is 4.86. The SMILES string of the molecule is COC(=O)CC(C)NCCNC(N)=O. The monoisotopic (exact) mass is 203 g/mol. The third-order valence-corrected chi connectivity index (χ3v) is 1.62. The lowest BCUT2D eigenvalue weighted by atomic mass is 10.2. The molecule has 0 aromatic heterocycles. The van der Waals surface area contributed by atoms with Gasteiger partial charge in [-0.2, -0.15) is 0 Å². The van der Waals surface area contributed by atoms with Crippen LogP contribution >= 0.6 is 0 Å². The minimum absolute atomic E-state index is 0.0251. The van der Waals surface area contributed by atoms with Crippen LogP contribution in [0.5, 0.6) is 0 Å². The summed E-state index contributed by atoms with van der Waals surface area (Å²) in [4.78, 5) is 21.1. The topological polar surface area (TPSA) is 93.4 Å². The largest absolute Gasteiger partial charge is 0.469 e. The van der Waals surface area contributed by atoms with Crippen LogP contribution < -0.4 is 16.4 Å². The summed E-state index contributed by atoms with van der Waals surface area (Å²) >= 11 is 0. The number of amides is 2. The van der Waals surface area contributed by atoms with E-state index in [0.29, 0.717) is 19.5 Å². The third kappa shape index (κ3) is 7.35. The van der Waals surface area contributed by atoms with Gasteiger partial charge in [0.1, 0.15) is 0 Å². The summed E-state index contributed by atoms with van der Waals surface area (Å²) < 4.78 is 4.50. The minimum Gasteiger partial charge on any atom is -0.469 e. The molecule has 0 saturated heterocycles. The van der Waals surface area contributed by atoms with Crippen LogP contribution in [0, 0.1) is 0 Å². The fourth-order valence-electron chi connectivity index (χ4n) is 0.910. The number of hydrogen-bond acceptors (Lipinski definition) is 4. The van der Waals surface area contributed by atoms with Crippen molar-refractivity contribution in [1.29, 1.82) is 0 Å². The smallest absolute Gasteiger partial charge is 0.312 e. The Morgan fingerprint density at radius 3 is 2.57 bits per heavy atom. The highest BCUT2D eigenvalue weighted by Gasteiger charge is 2.07. The number of carbonyl (C=O) groups excluding carboxylic acids is 2. The fourth-order valence-corrected chi connectivity index (χ4v) is 0.910. The molecule has 0 aliphatic rings. The van der Waals surface area contributed by atoms with Crippen molar-refractivity contribution < 1.29 is 14.3 Å². The van der Waals surface area contributed by atoms with Crippen molar-refractivity contribution in [3.05, 3.63) is 0 Å². The predicted octanol–water partition coefficient (Wildman–Crippen LogP) is -0.804. The molecule has 6 nitrogen and oxygen atoms in total. The number of primary amides is 1. The summed E-state index contributed by atoms with van der Waals surface area (Å²) in [6.45, 7) is 2.88. The molecule has 1 unspecified atom stereocenters. The van der Waals surface area contributed by atoms with E-state index in [1.165, 1.54) is 7.11 Å². The van der Waals surface area contributed by atoms with Crippen LogP contribution in [-0.2, 0) is 9.53 Å². The van der Waals surface area contributed by atoms with Gasteiger partial charge in [0.2, 0.25) is 0 Å². The van der Waals surface area contributed by atoms with Crippen LogP contribution in [0.3, 0.4) is 0 Å². The second kappa shape index (κ2) is 7.14. The number of carbonyl (C=O) groups is 2. The van der Waals surface area contributed by atoms with Crippen LogP contribution in [-0.4, -0.2) is 38.2 Å². The van der Waals surface area contributed by atoms with Crippen molar-refractivity contribution in [2.45, 2.75) is 19.4 Å². The van der Waals surface area contributed by atoms with Crippen molar-refractivity contribution in [3.8, 4) is 0 Å². The number of methoxy groups -OCH3 is 1. The highest BCUT2D eigenvalue weighted by atomic mass is 16.5. The molecule has 0 heterocycles. The molecular weight excluding hydrogens is 186 g/mol. The van der Waals surface area contributed by atoms with E-state index in [1.807, 2.05) is 6.92 Å². The molecule has 0 aliphatic heterocycles. The highest BCUT2D eigenvalue weighted by molar-refractivity contribution is 5.71. The van der Waals surface area contributed by atoms with Gasteiger partial charge < -0.3 is 21.1 Å². The average Bonchev–Trinajstić information content (AvgIpc) is 2.12. The molecule has 0 spiro atoms. The van der Waals surface area contributed by atoms with Gasteiger partial charge in [0, 0.05) is 19.1 Å². The van der Waals surface area contributed by atoms with Gasteiger partial charge in [0.05, 0.1) is 13.5 Å². The maximum atomic E-state index is 10.8. The highest BCUT2D eigenvalue weighted by Crippen LogP contribution is 1.91. The zero-order chi connectivity index (χ0) is 11.0. The molecule has 0 aromatic carbocycles. The fraction of sp³-hybridized carbons (Fsp3) is 0.750. The van der Waals surface area contributed by atoms with E-state index < -0.39 is 6.03 Å². The van der Waals surface area contributed by atoms with Crippen molar-refractivity contribution in [1.82, 2.24) is 10.6 Å². The molecule has 0 saturated carbocycles. The maximum Gasteiger partial charge on any atom is 0.312 e. The lowest BCUT2D eigenvalue weighted by molar-refractivity contribution is -0.141. The summed E-state index contributed by atoms with van der Waals surface area (Å²) in [5, 5.41) is 5.46. The number of esters is 1. The lowest BCUT2D eigenvalue weighted by Gasteiger charge is -2.12. The van der Waals surface area contributed by atoms with Gasteiger partial charge in [-0.3, -0.25) is 4.79 Å². The van der Waals surface area contributed by atoms with E-state index in [1.54, 1.807) is 0 Å². The van der Waals surface area contributed by atoms with Crippen molar-refractivity contribution in [3.63, 3.8) is 0 Å². The van der Waals surface area contributed by atoms with Crippen molar-refractivity contribution in [2.24, 2.45) is 5.73 Å². The quantitative estimate of drug-likeness (QED) is 0.389. The van der Waals surface area contributed by atoms with Gasteiger partial charge >= 0.3 is 12.0 Å². The predicted molar refractivity (Wildman–Crippen MR) is 51.7 cm³/mol.